The summed E-state index contributed by atoms with van der Waals surface area (Å²) in [6.45, 7) is 1.80. The first-order valence-electron chi connectivity index (χ1n) is 9.61. The maximum atomic E-state index is 13.4. The number of carbonyl (C=O) groups is 1. The van der Waals surface area contributed by atoms with Gasteiger partial charge in [0.05, 0.1) is 10.5 Å². The smallest absolute Gasteiger partial charge is 0.335 e. The van der Waals surface area contributed by atoms with Crippen LogP contribution in [0.15, 0.2) is 83.8 Å². The lowest BCUT2D eigenvalue weighted by atomic mass is 10.1. The highest BCUT2D eigenvalue weighted by molar-refractivity contribution is 7.89. The van der Waals surface area contributed by atoms with Gasteiger partial charge < -0.3 is 4.74 Å². The maximum absolute atomic E-state index is 13.4. The van der Waals surface area contributed by atoms with E-state index in [1.807, 2.05) is 0 Å². The lowest BCUT2D eigenvalue weighted by Gasteiger charge is -2.23. The van der Waals surface area contributed by atoms with Gasteiger partial charge in [0.15, 0.2) is 12.3 Å². The van der Waals surface area contributed by atoms with E-state index in [0.29, 0.717) is 9.87 Å². The maximum Gasteiger partial charge on any atom is 0.416 e. The number of alkyl halides is 3. The van der Waals surface area contributed by atoms with Crippen LogP contribution in [0.2, 0.25) is 0 Å². The van der Waals surface area contributed by atoms with Crippen molar-refractivity contribution in [3.8, 4) is 0 Å². The van der Waals surface area contributed by atoms with Gasteiger partial charge in [0.2, 0.25) is 0 Å². The van der Waals surface area contributed by atoms with E-state index in [1.165, 1.54) is 12.1 Å². The number of rotatable bonds is 4. The summed E-state index contributed by atoms with van der Waals surface area (Å²) in [7, 11) is -4.30. The normalized spacial score (nSPS) is 19.4. The van der Waals surface area contributed by atoms with Crippen molar-refractivity contribution < 1.29 is 31.1 Å². The van der Waals surface area contributed by atoms with Crippen molar-refractivity contribution in [3.63, 3.8) is 0 Å². The lowest BCUT2D eigenvalue weighted by Crippen LogP contribution is -2.35. The molecule has 0 aromatic heterocycles. The Kier molecular flexibility index (Phi) is 5.56. The third-order valence-corrected chi connectivity index (χ3v) is 6.88. The molecule has 1 aliphatic rings. The van der Waals surface area contributed by atoms with Crippen LogP contribution < -0.4 is 0 Å². The molecule has 1 fully saturated rings. The number of hydrogen-bond acceptors (Lipinski definition) is 4. The third-order valence-electron chi connectivity index (χ3n) is 5.12. The molecular weight excluding hydrogens is 443 g/mol. The quantitative estimate of drug-likeness (QED) is 0.549. The minimum atomic E-state index is -4.54. The van der Waals surface area contributed by atoms with Crippen molar-refractivity contribution in [2.45, 2.75) is 30.3 Å². The molecule has 1 saturated heterocycles. The van der Waals surface area contributed by atoms with Crippen molar-refractivity contribution in [3.05, 3.63) is 101 Å². The van der Waals surface area contributed by atoms with Crippen molar-refractivity contribution >= 4 is 15.9 Å². The van der Waals surface area contributed by atoms with Crippen LogP contribution in [0.5, 0.6) is 0 Å². The first-order valence-corrected chi connectivity index (χ1v) is 11.1. The SMILES string of the molecule is Cc1ccc(S(=O)(=O)N2C(=O)[C@@H](c3ccc(C(F)(F)F)cc3)O[C@H]2c2ccccc2)cc1. The Hall–Kier alpha value is -3.17. The van der Waals surface area contributed by atoms with Crippen LogP contribution in [0.1, 0.15) is 34.6 Å². The fourth-order valence-electron chi connectivity index (χ4n) is 3.44. The fraction of sp³-hybridized carbons (Fsp3) is 0.174. The van der Waals surface area contributed by atoms with Gasteiger partial charge in [0.25, 0.3) is 15.9 Å². The van der Waals surface area contributed by atoms with Crippen LogP contribution in [0.25, 0.3) is 0 Å². The summed E-state index contributed by atoms with van der Waals surface area (Å²) in [5.74, 6) is -0.876. The molecule has 2 atom stereocenters. The second-order valence-electron chi connectivity index (χ2n) is 7.35. The largest absolute Gasteiger partial charge is 0.416 e. The van der Waals surface area contributed by atoms with Crippen LogP contribution in [0, 0.1) is 6.92 Å². The molecule has 0 aliphatic carbocycles. The number of sulfonamides is 1. The summed E-state index contributed by atoms with van der Waals surface area (Å²) < 4.78 is 72.0. The number of amides is 1. The van der Waals surface area contributed by atoms with Crippen molar-refractivity contribution in [2.75, 3.05) is 0 Å². The first kappa shape index (κ1) is 22.0. The minimum Gasteiger partial charge on any atom is -0.335 e. The van der Waals surface area contributed by atoms with Gasteiger partial charge in [-0.3, -0.25) is 4.79 Å². The van der Waals surface area contributed by atoms with Gasteiger partial charge in [-0.25, -0.2) is 12.7 Å². The van der Waals surface area contributed by atoms with Crippen LogP contribution >= 0.6 is 0 Å². The summed E-state index contributed by atoms with van der Waals surface area (Å²) in [4.78, 5) is 13.2. The molecule has 1 aliphatic heterocycles. The summed E-state index contributed by atoms with van der Waals surface area (Å²) in [6, 6.07) is 18.2. The van der Waals surface area contributed by atoms with Gasteiger partial charge in [-0.15, -0.1) is 0 Å². The molecule has 0 N–H and O–H groups in total. The highest BCUT2D eigenvalue weighted by Gasteiger charge is 2.49. The zero-order chi connectivity index (χ0) is 23.1. The number of carbonyl (C=O) groups excluding carboxylic acids is 1. The fourth-order valence-corrected chi connectivity index (χ4v) is 4.90. The summed E-state index contributed by atoms with van der Waals surface area (Å²) in [6.07, 6.45) is -7.17. The average molecular weight is 461 g/mol. The van der Waals surface area contributed by atoms with Crippen molar-refractivity contribution in [1.29, 1.82) is 0 Å². The Balaban J connectivity index is 1.77. The zero-order valence-electron chi connectivity index (χ0n) is 16.8. The molecule has 3 aromatic rings. The molecule has 3 aromatic carbocycles. The van der Waals surface area contributed by atoms with E-state index < -0.39 is 40.0 Å². The van der Waals surface area contributed by atoms with Gasteiger partial charge in [-0.1, -0.05) is 60.2 Å². The Morgan fingerprint density at radius 2 is 1.44 bits per heavy atom. The number of hydrogen-bond donors (Lipinski definition) is 0. The predicted octanol–water partition coefficient (Wildman–Crippen LogP) is 5.00. The van der Waals surface area contributed by atoms with Crippen LogP contribution in [-0.2, 0) is 25.7 Å². The number of halogens is 3. The highest BCUT2D eigenvalue weighted by Crippen LogP contribution is 2.42. The number of aryl methyl sites for hydroxylation is 1. The van der Waals surface area contributed by atoms with E-state index in [-0.39, 0.29) is 10.5 Å². The summed E-state index contributed by atoms with van der Waals surface area (Å²) >= 11 is 0. The summed E-state index contributed by atoms with van der Waals surface area (Å²) in [5.41, 5.74) is 0.516. The molecular formula is C23H18F3NO4S. The molecule has 0 bridgehead atoms. The van der Waals surface area contributed by atoms with Crippen LogP contribution in [-0.4, -0.2) is 18.6 Å². The summed E-state index contributed by atoms with van der Waals surface area (Å²) in [5, 5.41) is 0. The van der Waals surface area contributed by atoms with Crippen molar-refractivity contribution in [1.82, 2.24) is 4.31 Å². The predicted molar refractivity (Wildman–Crippen MR) is 110 cm³/mol. The van der Waals surface area contributed by atoms with E-state index in [2.05, 4.69) is 0 Å². The standard InChI is InChI=1S/C23H18F3NO4S/c1-15-7-13-19(14-8-15)32(29,30)27-21(28)20(31-22(27)17-5-3-2-4-6-17)16-9-11-18(12-10-16)23(24,25)26/h2-14,20,22H,1H3/t20-,22+/m1/s1. The molecule has 166 valence electrons. The van der Waals surface area contributed by atoms with Gasteiger partial charge >= 0.3 is 6.18 Å². The molecule has 9 heteroatoms. The van der Waals surface area contributed by atoms with E-state index in [1.54, 1.807) is 49.4 Å². The zero-order valence-corrected chi connectivity index (χ0v) is 17.6. The molecule has 0 radical (unpaired) electrons. The Morgan fingerprint density at radius 1 is 0.844 bits per heavy atom. The molecule has 0 saturated carbocycles. The second kappa shape index (κ2) is 8.07. The monoisotopic (exact) mass is 461 g/mol. The number of ether oxygens (including phenoxy) is 1. The lowest BCUT2D eigenvalue weighted by molar-refractivity contribution is -0.137. The average Bonchev–Trinajstić information content (AvgIpc) is 3.12. The van der Waals surface area contributed by atoms with E-state index in [9.17, 15) is 26.4 Å². The van der Waals surface area contributed by atoms with Gasteiger partial charge in [-0.05, 0) is 36.8 Å². The van der Waals surface area contributed by atoms with Gasteiger partial charge in [0.1, 0.15) is 0 Å². The first-order chi connectivity index (χ1) is 15.1. The molecule has 0 unspecified atom stereocenters. The van der Waals surface area contributed by atoms with Gasteiger partial charge in [0, 0.05) is 5.56 Å². The molecule has 4 rings (SSSR count). The molecule has 5 nitrogen and oxygen atoms in total. The molecule has 0 spiro atoms. The van der Waals surface area contributed by atoms with Crippen LogP contribution in [0.3, 0.4) is 0 Å². The highest BCUT2D eigenvalue weighted by atomic mass is 32.2. The second-order valence-corrected chi connectivity index (χ2v) is 9.17. The third kappa shape index (κ3) is 4.01. The molecule has 1 amide bonds. The topological polar surface area (TPSA) is 63.7 Å². The van der Waals surface area contributed by atoms with Crippen molar-refractivity contribution in [2.24, 2.45) is 0 Å². The minimum absolute atomic E-state index is 0.0888. The Morgan fingerprint density at radius 3 is 2.00 bits per heavy atom. The van der Waals surface area contributed by atoms with Crippen LogP contribution in [0.4, 0.5) is 13.2 Å². The molecule has 32 heavy (non-hydrogen) atoms. The molecule has 1 heterocycles. The Bertz CT molecular complexity index is 1220. The number of benzene rings is 3. The van der Waals surface area contributed by atoms with E-state index in [4.69, 9.17) is 4.74 Å². The van der Waals surface area contributed by atoms with Gasteiger partial charge in [-0.2, -0.15) is 13.2 Å². The number of nitrogens with zero attached hydrogens (tertiary/aromatic N) is 1. The Labute approximate surface area is 183 Å². The van der Waals surface area contributed by atoms with E-state index in [0.717, 1.165) is 29.8 Å². The van der Waals surface area contributed by atoms with E-state index >= 15 is 0 Å².